The number of benzene rings is 1. The molecule has 1 saturated heterocycles. The molecule has 0 radical (unpaired) electrons. The molecule has 2 rings (SSSR count). The topological polar surface area (TPSA) is 24.1 Å². The second-order valence-corrected chi connectivity index (χ2v) is 4.18. The summed E-state index contributed by atoms with van der Waals surface area (Å²) < 4.78 is 0. The lowest BCUT2D eigenvalue weighted by Gasteiger charge is -2.23. The van der Waals surface area contributed by atoms with Crippen LogP contribution < -0.4 is 10.6 Å². The van der Waals surface area contributed by atoms with Gasteiger partial charge in [-0.3, -0.25) is 0 Å². The number of rotatable bonds is 3. The van der Waals surface area contributed by atoms with E-state index < -0.39 is 0 Å². The van der Waals surface area contributed by atoms with Crippen molar-refractivity contribution >= 4 is 5.69 Å². The van der Waals surface area contributed by atoms with Crippen molar-refractivity contribution in [3.05, 3.63) is 29.8 Å². The van der Waals surface area contributed by atoms with Crippen molar-refractivity contribution in [1.82, 2.24) is 5.32 Å². The molecule has 0 atom stereocenters. The van der Waals surface area contributed by atoms with Crippen LogP contribution in [0, 0.1) is 0 Å². The SMILES string of the molecule is CCNc1ccc(C2CCNCC2)cc1. The highest BCUT2D eigenvalue weighted by Crippen LogP contribution is 2.25. The van der Waals surface area contributed by atoms with Crippen LogP contribution in [0.15, 0.2) is 24.3 Å². The van der Waals surface area contributed by atoms with Crippen LogP contribution in [0.4, 0.5) is 5.69 Å². The van der Waals surface area contributed by atoms with E-state index in [9.17, 15) is 0 Å². The quantitative estimate of drug-likeness (QED) is 0.790. The fourth-order valence-corrected chi connectivity index (χ4v) is 2.23. The largest absolute Gasteiger partial charge is 0.385 e. The van der Waals surface area contributed by atoms with Gasteiger partial charge in [-0.25, -0.2) is 0 Å². The van der Waals surface area contributed by atoms with Crippen molar-refractivity contribution in [1.29, 1.82) is 0 Å². The number of anilines is 1. The summed E-state index contributed by atoms with van der Waals surface area (Å²) in [4.78, 5) is 0. The van der Waals surface area contributed by atoms with Crippen LogP contribution in [0.25, 0.3) is 0 Å². The highest BCUT2D eigenvalue weighted by atomic mass is 14.9. The lowest BCUT2D eigenvalue weighted by Crippen LogP contribution is -2.26. The fourth-order valence-electron chi connectivity index (χ4n) is 2.23. The van der Waals surface area contributed by atoms with E-state index in [0.717, 1.165) is 12.5 Å². The Morgan fingerprint density at radius 3 is 2.47 bits per heavy atom. The number of nitrogens with one attached hydrogen (secondary N) is 2. The first-order valence-corrected chi connectivity index (χ1v) is 5.94. The monoisotopic (exact) mass is 204 g/mol. The molecule has 1 aliphatic heterocycles. The molecular formula is C13H20N2. The molecule has 0 aliphatic carbocycles. The number of hydrogen-bond acceptors (Lipinski definition) is 2. The second-order valence-electron chi connectivity index (χ2n) is 4.18. The predicted octanol–water partition coefficient (Wildman–Crippen LogP) is 2.59. The Balaban J connectivity index is 2.02. The highest BCUT2D eigenvalue weighted by molar-refractivity contribution is 5.45. The lowest BCUT2D eigenvalue weighted by molar-refractivity contribution is 0.460. The first kappa shape index (κ1) is 10.5. The molecule has 2 heteroatoms. The van der Waals surface area contributed by atoms with Crippen LogP contribution in [0.1, 0.15) is 31.2 Å². The molecule has 0 unspecified atom stereocenters. The molecule has 1 aromatic rings. The van der Waals surface area contributed by atoms with Crippen molar-refractivity contribution < 1.29 is 0 Å². The minimum absolute atomic E-state index is 0.766. The van der Waals surface area contributed by atoms with Gasteiger partial charge in [0, 0.05) is 12.2 Å². The average Bonchev–Trinajstić information content (AvgIpc) is 2.32. The van der Waals surface area contributed by atoms with Crippen LogP contribution in [-0.2, 0) is 0 Å². The summed E-state index contributed by atoms with van der Waals surface area (Å²) in [6, 6.07) is 8.93. The molecule has 0 spiro atoms. The van der Waals surface area contributed by atoms with Crippen molar-refractivity contribution in [3.8, 4) is 0 Å². The van der Waals surface area contributed by atoms with E-state index in [4.69, 9.17) is 0 Å². The third-order valence-corrected chi connectivity index (χ3v) is 3.10. The molecule has 0 saturated carbocycles. The zero-order chi connectivity index (χ0) is 10.5. The van der Waals surface area contributed by atoms with Crippen molar-refractivity contribution in [2.75, 3.05) is 25.0 Å². The maximum absolute atomic E-state index is 3.40. The van der Waals surface area contributed by atoms with Gasteiger partial charge in [-0.05, 0) is 56.5 Å². The summed E-state index contributed by atoms with van der Waals surface area (Å²) in [5.74, 6) is 0.766. The molecule has 2 N–H and O–H groups in total. The van der Waals surface area contributed by atoms with Gasteiger partial charge in [0.15, 0.2) is 0 Å². The molecular weight excluding hydrogens is 184 g/mol. The van der Waals surface area contributed by atoms with Crippen LogP contribution in [0.3, 0.4) is 0 Å². The van der Waals surface area contributed by atoms with Crippen LogP contribution in [0.5, 0.6) is 0 Å². The molecule has 15 heavy (non-hydrogen) atoms. The third-order valence-electron chi connectivity index (χ3n) is 3.10. The van der Waals surface area contributed by atoms with Gasteiger partial charge in [0.25, 0.3) is 0 Å². The van der Waals surface area contributed by atoms with E-state index in [1.54, 1.807) is 0 Å². The Labute approximate surface area is 92.1 Å². The Morgan fingerprint density at radius 2 is 1.87 bits per heavy atom. The van der Waals surface area contributed by atoms with Gasteiger partial charge in [-0.1, -0.05) is 12.1 Å². The summed E-state index contributed by atoms with van der Waals surface area (Å²) in [5, 5.41) is 6.73. The zero-order valence-corrected chi connectivity index (χ0v) is 9.42. The Hall–Kier alpha value is -1.02. The molecule has 1 aromatic carbocycles. The number of hydrogen-bond donors (Lipinski definition) is 2. The zero-order valence-electron chi connectivity index (χ0n) is 9.42. The van der Waals surface area contributed by atoms with E-state index in [2.05, 4.69) is 41.8 Å². The summed E-state index contributed by atoms with van der Waals surface area (Å²) in [6.07, 6.45) is 2.56. The smallest absolute Gasteiger partial charge is 0.0340 e. The van der Waals surface area contributed by atoms with Gasteiger partial charge >= 0.3 is 0 Å². The van der Waals surface area contributed by atoms with Crippen molar-refractivity contribution in [2.24, 2.45) is 0 Å². The Morgan fingerprint density at radius 1 is 1.20 bits per heavy atom. The van der Waals surface area contributed by atoms with Crippen molar-refractivity contribution in [2.45, 2.75) is 25.7 Å². The first-order valence-electron chi connectivity index (χ1n) is 5.94. The van der Waals surface area contributed by atoms with E-state index in [0.29, 0.717) is 0 Å². The fraction of sp³-hybridized carbons (Fsp3) is 0.538. The lowest BCUT2D eigenvalue weighted by atomic mass is 9.90. The van der Waals surface area contributed by atoms with Crippen LogP contribution >= 0.6 is 0 Å². The maximum atomic E-state index is 3.40. The van der Waals surface area contributed by atoms with Gasteiger partial charge in [-0.2, -0.15) is 0 Å². The van der Waals surface area contributed by atoms with E-state index >= 15 is 0 Å². The highest BCUT2D eigenvalue weighted by Gasteiger charge is 2.14. The minimum Gasteiger partial charge on any atom is -0.385 e. The van der Waals surface area contributed by atoms with Gasteiger partial charge in [-0.15, -0.1) is 0 Å². The summed E-state index contributed by atoms with van der Waals surface area (Å²) in [6.45, 7) is 5.45. The molecule has 1 aliphatic rings. The molecule has 1 fully saturated rings. The second kappa shape index (κ2) is 5.17. The first-order chi connectivity index (χ1) is 7.40. The molecule has 0 amide bonds. The molecule has 0 bridgehead atoms. The summed E-state index contributed by atoms with van der Waals surface area (Å²) in [5.41, 5.74) is 2.73. The predicted molar refractivity (Wildman–Crippen MR) is 65.5 cm³/mol. The summed E-state index contributed by atoms with van der Waals surface area (Å²) >= 11 is 0. The molecule has 82 valence electrons. The minimum atomic E-state index is 0.766. The maximum Gasteiger partial charge on any atom is 0.0340 e. The molecule has 1 heterocycles. The van der Waals surface area contributed by atoms with E-state index in [1.165, 1.54) is 37.2 Å². The number of piperidine rings is 1. The molecule has 0 aromatic heterocycles. The van der Waals surface area contributed by atoms with Gasteiger partial charge in [0.2, 0.25) is 0 Å². The molecule has 2 nitrogen and oxygen atoms in total. The van der Waals surface area contributed by atoms with Gasteiger partial charge < -0.3 is 10.6 Å². The summed E-state index contributed by atoms with van der Waals surface area (Å²) in [7, 11) is 0. The van der Waals surface area contributed by atoms with Gasteiger partial charge in [0.1, 0.15) is 0 Å². The van der Waals surface area contributed by atoms with Crippen molar-refractivity contribution in [3.63, 3.8) is 0 Å². The Bertz CT molecular complexity index is 286. The van der Waals surface area contributed by atoms with Gasteiger partial charge in [0.05, 0.1) is 0 Å². The van der Waals surface area contributed by atoms with E-state index in [1.807, 2.05) is 0 Å². The van der Waals surface area contributed by atoms with E-state index in [-0.39, 0.29) is 0 Å². The standard InChI is InChI=1S/C13H20N2/c1-2-15-13-5-3-11(4-6-13)12-7-9-14-10-8-12/h3-6,12,14-15H,2,7-10H2,1H3. The van der Waals surface area contributed by atoms with Crippen LogP contribution in [-0.4, -0.2) is 19.6 Å². The third kappa shape index (κ3) is 2.72. The van der Waals surface area contributed by atoms with Crippen LogP contribution in [0.2, 0.25) is 0 Å². The normalized spacial score (nSPS) is 17.7. The Kier molecular flexibility index (Phi) is 3.62. The average molecular weight is 204 g/mol.